The van der Waals surface area contributed by atoms with Crippen molar-refractivity contribution < 1.29 is 54.4 Å². The van der Waals surface area contributed by atoms with Crippen molar-refractivity contribution in [3.8, 4) is 0 Å². The van der Waals surface area contributed by atoms with Crippen LogP contribution in [-0.2, 0) is 37.1 Å². The molecule has 0 aromatic rings. The van der Waals surface area contributed by atoms with E-state index in [1.165, 1.54) is 0 Å². The Balaban J connectivity index is -0.0000000315. The molecule has 0 spiro atoms. The molecular formula is C4H8CaFeO8S. The Morgan fingerprint density at radius 1 is 1.00 bits per heavy atom. The Labute approximate surface area is 127 Å². The molecule has 0 aliphatic heterocycles. The number of rotatable bonds is 0. The predicted octanol–water partition coefficient (Wildman–Crippen LogP) is -3.52. The zero-order valence-corrected chi connectivity index (χ0v) is 11.9. The Morgan fingerprint density at radius 2 is 1.00 bits per heavy atom. The van der Waals surface area contributed by atoms with Crippen molar-refractivity contribution in [2.24, 2.45) is 0 Å². The fourth-order valence-corrected chi connectivity index (χ4v) is 0. The second-order valence-electron chi connectivity index (χ2n) is 1.43. The van der Waals surface area contributed by atoms with Gasteiger partial charge in [0.15, 0.2) is 0 Å². The van der Waals surface area contributed by atoms with Gasteiger partial charge in [-0.25, -0.2) is 0 Å². The number of hydrogen-bond donors (Lipinski definition) is 2. The molecule has 2 N–H and O–H groups in total. The first-order valence-corrected chi connectivity index (χ1v) is 3.91. The number of carbonyl (C=O) groups is 2. The summed E-state index contributed by atoms with van der Waals surface area (Å²) < 4.78 is 31.6. The van der Waals surface area contributed by atoms with E-state index >= 15 is 0 Å². The van der Waals surface area contributed by atoms with Gasteiger partial charge in [0.05, 0.1) is 0 Å². The van der Waals surface area contributed by atoms with Gasteiger partial charge in [-0.05, 0) is 13.8 Å². The first kappa shape index (κ1) is 29.6. The van der Waals surface area contributed by atoms with E-state index in [0.29, 0.717) is 0 Å². The molecule has 0 fully saturated rings. The minimum Gasteiger partial charge on any atom is -0.550 e. The van der Waals surface area contributed by atoms with E-state index < -0.39 is 22.3 Å². The monoisotopic (exact) mass is 312 g/mol. The quantitative estimate of drug-likeness (QED) is 0.344. The average Bonchev–Trinajstić information content (AvgIpc) is 1.50. The van der Waals surface area contributed by atoms with E-state index in [-0.39, 0.29) is 54.8 Å². The number of carbonyl (C=O) groups excluding carboxylic acids is 2. The maximum atomic E-state index is 8.89. The van der Waals surface area contributed by atoms with Crippen LogP contribution in [0.5, 0.6) is 0 Å². The largest absolute Gasteiger partial charge is 2.00 e. The van der Waals surface area contributed by atoms with E-state index in [0.717, 1.165) is 13.8 Å². The van der Waals surface area contributed by atoms with Crippen molar-refractivity contribution in [3.05, 3.63) is 0 Å². The van der Waals surface area contributed by atoms with E-state index in [2.05, 4.69) is 0 Å². The molecular weight excluding hydrogens is 304 g/mol. The van der Waals surface area contributed by atoms with Gasteiger partial charge in [0.2, 0.25) is 0 Å². The van der Waals surface area contributed by atoms with Crippen molar-refractivity contribution in [2.75, 3.05) is 0 Å². The third-order valence-electron chi connectivity index (χ3n) is 0. The molecule has 15 heavy (non-hydrogen) atoms. The molecule has 0 radical (unpaired) electrons. The van der Waals surface area contributed by atoms with Crippen molar-refractivity contribution in [2.45, 2.75) is 13.8 Å². The van der Waals surface area contributed by atoms with Crippen molar-refractivity contribution in [1.82, 2.24) is 0 Å². The van der Waals surface area contributed by atoms with Crippen LogP contribution >= 0.6 is 0 Å². The Morgan fingerprint density at radius 3 is 1.00 bits per heavy atom. The SMILES string of the molecule is CC(=O)[O-].CC(=O)[O-].O=S(=O)(O)O.[Ca+2].[Fe]. The van der Waals surface area contributed by atoms with Gasteiger partial charge in [0.1, 0.15) is 0 Å². The van der Waals surface area contributed by atoms with Gasteiger partial charge in [-0.2, -0.15) is 8.42 Å². The molecule has 0 amide bonds. The van der Waals surface area contributed by atoms with Crippen molar-refractivity contribution in [1.29, 1.82) is 0 Å². The fourth-order valence-electron chi connectivity index (χ4n) is 0. The summed E-state index contributed by atoms with van der Waals surface area (Å²) in [5.41, 5.74) is 0. The van der Waals surface area contributed by atoms with E-state index in [1.54, 1.807) is 0 Å². The molecule has 0 rings (SSSR count). The molecule has 0 unspecified atom stereocenters. The zero-order valence-electron chi connectivity index (χ0n) is 7.81. The smallest absolute Gasteiger partial charge is 0.550 e. The topological polar surface area (TPSA) is 155 Å². The van der Waals surface area contributed by atoms with Gasteiger partial charge in [-0.1, -0.05) is 0 Å². The van der Waals surface area contributed by atoms with Crippen molar-refractivity contribution in [3.63, 3.8) is 0 Å². The third-order valence-corrected chi connectivity index (χ3v) is 0. The van der Waals surface area contributed by atoms with E-state index in [4.69, 9.17) is 37.3 Å². The van der Waals surface area contributed by atoms with Crippen molar-refractivity contribution >= 4 is 60.1 Å². The molecule has 11 heteroatoms. The standard InChI is InChI=1S/2C2H4O2.Ca.Fe.H2O4S/c2*1-2(3)4;;;1-5(2,3)4/h2*1H3,(H,3,4);;;(H2,1,2,3,4)/q;;+2;;/p-2. The molecule has 0 atom stereocenters. The minimum atomic E-state index is -4.67. The van der Waals surface area contributed by atoms with Gasteiger partial charge >= 0.3 is 48.1 Å². The van der Waals surface area contributed by atoms with Crippen LogP contribution in [0.15, 0.2) is 0 Å². The molecule has 0 heterocycles. The molecule has 0 aliphatic rings. The summed E-state index contributed by atoms with van der Waals surface area (Å²) >= 11 is 0. The minimum absolute atomic E-state index is 0. The first-order chi connectivity index (χ1) is 5.46. The second kappa shape index (κ2) is 17.0. The maximum absolute atomic E-state index is 8.89. The van der Waals surface area contributed by atoms with Crippen LogP contribution in [0.1, 0.15) is 13.8 Å². The molecule has 88 valence electrons. The van der Waals surface area contributed by atoms with E-state index in [1.807, 2.05) is 0 Å². The van der Waals surface area contributed by atoms with Gasteiger partial charge in [-0.15, -0.1) is 0 Å². The molecule has 0 aromatic heterocycles. The summed E-state index contributed by atoms with van der Waals surface area (Å²) in [7, 11) is -4.67. The number of carboxylic acids is 2. The van der Waals surface area contributed by atoms with Gasteiger partial charge < -0.3 is 19.8 Å². The zero-order chi connectivity index (χ0) is 11.7. The summed E-state index contributed by atoms with van der Waals surface area (Å²) in [4.78, 5) is 17.8. The summed E-state index contributed by atoms with van der Waals surface area (Å²) in [6.07, 6.45) is 0. The molecule has 0 aliphatic carbocycles. The summed E-state index contributed by atoms with van der Waals surface area (Å²) in [6.45, 7) is 1.94. The number of carboxylic acid groups (broad SMARTS) is 2. The van der Waals surface area contributed by atoms with E-state index in [9.17, 15) is 0 Å². The first-order valence-electron chi connectivity index (χ1n) is 2.51. The summed E-state index contributed by atoms with van der Waals surface area (Å²) in [5, 5.41) is 17.8. The maximum Gasteiger partial charge on any atom is 2.00 e. The third kappa shape index (κ3) is 6660. The number of aliphatic carboxylic acids is 2. The molecule has 0 aromatic carbocycles. The van der Waals surface area contributed by atoms with Crippen LogP contribution in [0.4, 0.5) is 0 Å². The summed E-state index contributed by atoms with van der Waals surface area (Å²) in [6, 6.07) is 0. The molecule has 0 bridgehead atoms. The summed E-state index contributed by atoms with van der Waals surface area (Å²) in [5.74, 6) is -2.17. The second-order valence-corrected chi connectivity index (χ2v) is 2.33. The predicted molar refractivity (Wildman–Crippen MR) is 41.3 cm³/mol. The van der Waals surface area contributed by atoms with Crippen LogP contribution in [0.3, 0.4) is 0 Å². The fraction of sp³-hybridized carbons (Fsp3) is 0.500. The van der Waals surface area contributed by atoms with Crippen LogP contribution in [0.2, 0.25) is 0 Å². The normalized spacial score (nSPS) is 7.20. The Kier molecular flexibility index (Phi) is 33.5. The average molecular weight is 312 g/mol. The Bertz CT molecular complexity index is 221. The molecule has 0 saturated carbocycles. The van der Waals surface area contributed by atoms with Crippen LogP contribution in [-0.4, -0.2) is 67.2 Å². The van der Waals surface area contributed by atoms with Gasteiger partial charge in [-0.3, -0.25) is 9.11 Å². The van der Waals surface area contributed by atoms with Crippen LogP contribution in [0.25, 0.3) is 0 Å². The number of hydrogen-bond acceptors (Lipinski definition) is 6. The van der Waals surface area contributed by atoms with Crippen LogP contribution < -0.4 is 10.2 Å². The van der Waals surface area contributed by atoms with Gasteiger partial charge in [0, 0.05) is 29.0 Å². The molecule has 8 nitrogen and oxygen atoms in total. The Hall–Kier alpha value is 0.589. The van der Waals surface area contributed by atoms with Gasteiger partial charge in [0.25, 0.3) is 0 Å². The van der Waals surface area contributed by atoms with Crippen LogP contribution in [0, 0.1) is 0 Å². The molecule has 0 saturated heterocycles.